The number of benzene rings is 1. The number of para-hydroxylation sites is 1. The van der Waals surface area contributed by atoms with Gasteiger partial charge in [-0.1, -0.05) is 25.1 Å². The van der Waals surface area contributed by atoms with E-state index in [2.05, 4.69) is 35.3 Å². The van der Waals surface area contributed by atoms with E-state index in [1.54, 1.807) is 6.33 Å². The first-order valence-electron chi connectivity index (χ1n) is 7.39. The smallest absolute Gasteiger partial charge is 0.138 e. The fraction of sp³-hybridized carbons (Fsp3) is 0.375. The minimum atomic E-state index is 0.174. The Kier molecular flexibility index (Phi) is 4.01. The van der Waals surface area contributed by atoms with Gasteiger partial charge in [-0.25, -0.2) is 4.98 Å². The molecule has 0 amide bonds. The van der Waals surface area contributed by atoms with Gasteiger partial charge in [-0.2, -0.15) is 5.10 Å². The van der Waals surface area contributed by atoms with Crippen LogP contribution in [-0.4, -0.2) is 21.3 Å². The van der Waals surface area contributed by atoms with Gasteiger partial charge in [-0.05, 0) is 19.5 Å². The van der Waals surface area contributed by atoms with Gasteiger partial charge in [0.1, 0.15) is 17.7 Å². The Morgan fingerprint density at radius 2 is 2.14 bits per heavy atom. The molecule has 5 nitrogen and oxygen atoms in total. The molecule has 0 saturated carbocycles. The van der Waals surface area contributed by atoms with E-state index in [1.165, 1.54) is 5.56 Å². The van der Waals surface area contributed by atoms with Crippen molar-refractivity contribution in [3.05, 3.63) is 48.2 Å². The van der Waals surface area contributed by atoms with Gasteiger partial charge < -0.3 is 9.73 Å². The second-order valence-electron chi connectivity index (χ2n) is 4.99. The molecule has 110 valence electrons. The summed E-state index contributed by atoms with van der Waals surface area (Å²) < 4.78 is 7.61. The van der Waals surface area contributed by atoms with Crippen LogP contribution >= 0.6 is 0 Å². The fourth-order valence-electron chi connectivity index (χ4n) is 2.70. The number of fused-ring (bicyclic) bond motifs is 1. The Hall–Kier alpha value is -2.14. The second-order valence-corrected chi connectivity index (χ2v) is 4.99. The van der Waals surface area contributed by atoms with Crippen LogP contribution in [0.1, 0.15) is 31.3 Å². The van der Waals surface area contributed by atoms with E-state index >= 15 is 0 Å². The van der Waals surface area contributed by atoms with Gasteiger partial charge in [0.05, 0.1) is 6.26 Å². The molecular weight excluding hydrogens is 264 g/mol. The van der Waals surface area contributed by atoms with Crippen LogP contribution in [0.2, 0.25) is 0 Å². The van der Waals surface area contributed by atoms with Gasteiger partial charge in [-0.15, -0.1) is 0 Å². The summed E-state index contributed by atoms with van der Waals surface area (Å²) in [6.45, 7) is 5.91. The molecule has 3 rings (SSSR count). The normalized spacial score (nSPS) is 12.9. The molecule has 3 aromatic rings. The van der Waals surface area contributed by atoms with Gasteiger partial charge in [0.25, 0.3) is 0 Å². The lowest BCUT2D eigenvalue weighted by atomic mass is 10.0. The number of nitrogens with zero attached hydrogens (tertiary/aromatic N) is 3. The highest BCUT2D eigenvalue weighted by molar-refractivity contribution is 5.81. The average molecular weight is 284 g/mol. The number of hydrogen-bond donors (Lipinski definition) is 1. The molecule has 0 aliphatic rings. The average Bonchev–Trinajstić information content (AvgIpc) is 3.12. The Bertz CT molecular complexity index is 716. The number of hydrogen-bond acceptors (Lipinski definition) is 4. The number of rotatable bonds is 6. The summed E-state index contributed by atoms with van der Waals surface area (Å²) in [6.07, 6.45) is 4.27. The summed E-state index contributed by atoms with van der Waals surface area (Å²) >= 11 is 0. The molecule has 21 heavy (non-hydrogen) atoms. The molecule has 1 N–H and O–H groups in total. The quantitative estimate of drug-likeness (QED) is 0.756. The van der Waals surface area contributed by atoms with Crippen molar-refractivity contribution in [2.24, 2.45) is 0 Å². The number of aryl methyl sites for hydroxylation is 1. The molecule has 0 spiro atoms. The molecule has 0 saturated heterocycles. The van der Waals surface area contributed by atoms with Crippen molar-refractivity contribution < 1.29 is 4.42 Å². The van der Waals surface area contributed by atoms with Crippen molar-refractivity contribution >= 4 is 11.0 Å². The van der Waals surface area contributed by atoms with E-state index in [1.807, 2.05) is 29.1 Å². The first kappa shape index (κ1) is 13.8. The van der Waals surface area contributed by atoms with E-state index in [0.29, 0.717) is 0 Å². The fourth-order valence-corrected chi connectivity index (χ4v) is 2.70. The van der Waals surface area contributed by atoms with E-state index in [4.69, 9.17) is 4.42 Å². The molecule has 0 bridgehead atoms. The van der Waals surface area contributed by atoms with Gasteiger partial charge in [0.2, 0.25) is 0 Å². The van der Waals surface area contributed by atoms with Crippen LogP contribution < -0.4 is 5.32 Å². The molecule has 2 aromatic heterocycles. The monoisotopic (exact) mass is 284 g/mol. The first-order chi connectivity index (χ1) is 10.3. The van der Waals surface area contributed by atoms with Crippen molar-refractivity contribution in [3.63, 3.8) is 0 Å². The van der Waals surface area contributed by atoms with Gasteiger partial charge in [0, 0.05) is 30.0 Å². The SMILES string of the molecule is CCNC(Cc1ncnn1CC)c1coc2ccccc12. The maximum Gasteiger partial charge on any atom is 0.138 e. The van der Waals surface area contributed by atoms with Crippen molar-refractivity contribution in [2.75, 3.05) is 6.54 Å². The summed E-state index contributed by atoms with van der Waals surface area (Å²) in [5, 5.41) is 8.93. The van der Waals surface area contributed by atoms with E-state index in [-0.39, 0.29) is 6.04 Å². The molecule has 2 heterocycles. The second kappa shape index (κ2) is 6.10. The van der Waals surface area contributed by atoms with E-state index in [0.717, 1.165) is 36.3 Å². The topological polar surface area (TPSA) is 55.9 Å². The highest BCUT2D eigenvalue weighted by atomic mass is 16.3. The van der Waals surface area contributed by atoms with Crippen LogP contribution in [0, 0.1) is 0 Å². The zero-order chi connectivity index (χ0) is 14.7. The van der Waals surface area contributed by atoms with Crippen LogP contribution in [0.5, 0.6) is 0 Å². The zero-order valence-electron chi connectivity index (χ0n) is 12.4. The Morgan fingerprint density at radius 3 is 2.95 bits per heavy atom. The third-order valence-corrected chi connectivity index (χ3v) is 3.72. The third-order valence-electron chi connectivity index (χ3n) is 3.72. The standard InChI is InChI=1S/C16H20N4O/c1-3-17-14(9-16-18-11-19-20(16)4-2)13-10-21-15-8-6-5-7-12(13)15/h5-8,10-11,14,17H,3-4,9H2,1-2H3. The molecule has 0 fully saturated rings. The molecular formula is C16H20N4O. The third kappa shape index (κ3) is 2.69. The molecule has 1 unspecified atom stereocenters. The number of aromatic nitrogens is 3. The summed E-state index contributed by atoms with van der Waals surface area (Å²) in [6, 6.07) is 8.30. The number of likely N-dealkylation sites (N-methyl/N-ethyl adjacent to an activating group) is 1. The maximum absolute atomic E-state index is 5.67. The molecule has 1 atom stereocenters. The van der Waals surface area contributed by atoms with Gasteiger partial charge in [-0.3, -0.25) is 4.68 Å². The van der Waals surface area contributed by atoms with Crippen molar-refractivity contribution in [2.45, 2.75) is 32.9 Å². The maximum atomic E-state index is 5.67. The Labute approximate surface area is 124 Å². The number of nitrogens with one attached hydrogen (secondary N) is 1. The molecule has 0 aliphatic carbocycles. The highest BCUT2D eigenvalue weighted by Crippen LogP contribution is 2.28. The van der Waals surface area contributed by atoms with E-state index in [9.17, 15) is 0 Å². The summed E-state index contributed by atoms with van der Waals surface area (Å²) in [7, 11) is 0. The van der Waals surface area contributed by atoms with Crippen LogP contribution in [0.25, 0.3) is 11.0 Å². The van der Waals surface area contributed by atoms with Crippen molar-refractivity contribution in [3.8, 4) is 0 Å². The van der Waals surface area contributed by atoms with Crippen LogP contribution in [-0.2, 0) is 13.0 Å². The predicted molar refractivity (Wildman–Crippen MR) is 82.0 cm³/mol. The van der Waals surface area contributed by atoms with Gasteiger partial charge in [0.15, 0.2) is 0 Å². The van der Waals surface area contributed by atoms with Crippen molar-refractivity contribution in [1.29, 1.82) is 0 Å². The zero-order valence-corrected chi connectivity index (χ0v) is 12.4. The summed E-state index contributed by atoms with van der Waals surface area (Å²) in [5.74, 6) is 0.994. The minimum Gasteiger partial charge on any atom is -0.464 e. The van der Waals surface area contributed by atoms with E-state index < -0.39 is 0 Å². The Balaban J connectivity index is 1.94. The molecule has 5 heteroatoms. The first-order valence-corrected chi connectivity index (χ1v) is 7.39. The Morgan fingerprint density at radius 1 is 1.29 bits per heavy atom. The highest BCUT2D eigenvalue weighted by Gasteiger charge is 2.19. The van der Waals surface area contributed by atoms with Crippen molar-refractivity contribution in [1.82, 2.24) is 20.1 Å². The minimum absolute atomic E-state index is 0.174. The number of furan rings is 1. The van der Waals surface area contributed by atoms with Crippen LogP contribution in [0.3, 0.4) is 0 Å². The summed E-state index contributed by atoms with van der Waals surface area (Å²) in [5.41, 5.74) is 2.10. The lowest BCUT2D eigenvalue weighted by Gasteiger charge is -2.16. The lowest BCUT2D eigenvalue weighted by Crippen LogP contribution is -2.24. The lowest BCUT2D eigenvalue weighted by molar-refractivity contribution is 0.503. The van der Waals surface area contributed by atoms with Crippen LogP contribution in [0.15, 0.2) is 41.3 Å². The molecule has 1 aromatic carbocycles. The van der Waals surface area contributed by atoms with Crippen LogP contribution in [0.4, 0.5) is 0 Å². The molecule has 0 aliphatic heterocycles. The molecule has 0 radical (unpaired) electrons. The van der Waals surface area contributed by atoms with Gasteiger partial charge >= 0.3 is 0 Å². The largest absolute Gasteiger partial charge is 0.464 e. The predicted octanol–water partition coefficient (Wildman–Crippen LogP) is 2.94. The summed E-state index contributed by atoms with van der Waals surface area (Å²) in [4.78, 5) is 4.38.